The molecule has 1 aliphatic heterocycles. The van der Waals surface area contributed by atoms with E-state index in [0.717, 1.165) is 21.2 Å². The number of para-hydroxylation sites is 2. The largest absolute Gasteiger partial charge is 0.457 e. The zero-order valence-electron chi connectivity index (χ0n) is 18.2. The molecule has 3 aromatic rings. The van der Waals surface area contributed by atoms with Crippen molar-refractivity contribution in [3.63, 3.8) is 0 Å². The summed E-state index contributed by atoms with van der Waals surface area (Å²) in [6.45, 7) is 5.02. The third-order valence-corrected chi connectivity index (χ3v) is 6.63. The number of aryl methyl sites for hydroxylation is 1. The van der Waals surface area contributed by atoms with Crippen LogP contribution in [0.2, 0.25) is 0 Å². The zero-order valence-corrected chi connectivity index (χ0v) is 19.0. The van der Waals surface area contributed by atoms with Gasteiger partial charge in [-0.25, -0.2) is 0 Å². The molecular formula is C25H24N2O4S. The van der Waals surface area contributed by atoms with Crippen LogP contribution in [0.1, 0.15) is 45.4 Å². The van der Waals surface area contributed by atoms with Crippen LogP contribution in [0.25, 0.3) is 0 Å². The summed E-state index contributed by atoms with van der Waals surface area (Å²) in [5.74, 6) is -0.900. The molecule has 6 nitrogen and oxygen atoms in total. The number of rotatable bonds is 7. The van der Waals surface area contributed by atoms with E-state index in [1.54, 1.807) is 25.6 Å². The topological polar surface area (TPSA) is 79.5 Å². The van der Waals surface area contributed by atoms with E-state index in [1.165, 1.54) is 6.92 Å². The molecule has 0 unspecified atom stereocenters. The van der Waals surface area contributed by atoms with Crippen molar-refractivity contribution >= 4 is 40.7 Å². The number of nitrogens with zero attached hydrogens (tertiary/aromatic N) is 1. The van der Waals surface area contributed by atoms with Gasteiger partial charge in [-0.05, 0) is 50.6 Å². The minimum Gasteiger partial charge on any atom is -0.457 e. The Morgan fingerprint density at radius 3 is 2.12 bits per heavy atom. The van der Waals surface area contributed by atoms with Crippen molar-refractivity contribution in [3.05, 3.63) is 71.0 Å². The molecular weight excluding hydrogens is 424 g/mol. The molecule has 0 atom stereocenters. The fourth-order valence-corrected chi connectivity index (χ4v) is 5.17. The van der Waals surface area contributed by atoms with E-state index in [1.807, 2.05) is 36.4 Å². The Morgan fingerprint density at radius 2 is 1.56 bits per heavy atom. The first kappa shape index (κ1) is 21.9. The van der Waals surface area contributed by atoms with Crippen LogP contribution in [-0.2, 0) is 9.53 Å². The molecule has 32 heavy (non-hydrogen) atoms. The fraction of sp³-hybridized carbons (Fsp3) is 0.240. The summed E-state index contributed by atoms with van der Waals surface area (Å²) < 4.78 is 5.26. The van der Waals surface area contributed by atoms with E-state index in [-0.39, 0.29) is 24.6 Å². The Kier molecular flexibility index (Phi) is 6.19. The Bertz CT molecular complexity index is 1170. The SMILES string of the molecule is CC(=O)c1c(C)[nH]c(C(=O)COC(=O)CCN2c3ccccc3Sc3ccccc32)c1C. The number of carbonyl (C=O) groups excluding carboxylic acids is 3. The molecule has 0 amide bonds. The summed E-state index contributed by atoms with van der Waals surface area (Å²) in [6, 6.07) is 16.2. The predicted molar refractivity (Wildman–Crippen MR) is 124 cm³/mol. The average Bonchev–Trinajstić information content (AvgIpc) is 3.09. The zero-order chi connectivity index (χ0) is 22.8. The Labute approximate surface area is 191 Å². The molecule has 0 aliphatic carbocycles. The maximum absolute atomic E-state index is 12.6. The lowest BCUT2D eigenvalue weighted by atomic mass is 10.1. The van der Waals surface area contributed by atoms with Crippen LogP contribution >= 0.6 is 11.8 Å². The van der Waals surface area contributed by atoms with Gasteiger partial charge >= 0.3 is 5.97 Å². The van der Waals surface area contributed by atoms with Gasteiger partial charge in [0.05, 0.1) is 23.5 Å². The van der Waals surface area contributed by atoms with Crippen molar-refractivity contribution in [2.24, 2.45) is 0 Å². The van der Waals surface area contributed by atoms with Crippen molar-refractivity contribution in [3.8, 4) is 0 Å². The maximum atomic E-state index is 12.6. The van der Waals surface area contributed by atoms with Gasteiger partial charge in [0.25, 0.3) is 0 Å². The first-order valence-electron chi connectivity index (χ1n) is 10.4. The summed E-state index contributed by atoms with van der Waals surface area (Å²) in [4.78, 5) is 44.1. The second kappa shape index (κ2) is 9.04. The lowest BCUT2D eigenvalue weighted by molar-refractivity contribution is -0.142. The molecule has 1 aliphatic rings. The lowest BCUT2D eigenvalue weighted by Crippen LogP contribution is -2.25. The standard InChI is InChI=1S/C25H24N2O4S/c1-15-24(17(3)28)16(2)26-25(15)20(29)14-31-23(30)12-13-27-18-8-4-6-10-21(18)32-22-11-7-5-9-19(22)27/h4-11,26H,12-14H2,1-3H3. The maximum Gasteiger partial charge on any atom is 0.308 e. The summed E-state index contributed by atoms with van der Waals surface area (Å²) in [5.41, 5.74) is 4.17. The van der Waals surface area contributed by atoms with Crippen molar-refractivity contribution in [2.75, 3.05) is 18.1 Å². The second-order valence-electron chi connectivity index (χ2n) is 7.70. The molecule has 0 saturated carbocycles. The van der Waals surface area contributed by atoms with E-state index in [9.17, 15) is 14.4 Å². The number of esters is 1. The monoisotopic (exact) mass is 448 g/mol. The number of hydrogen-bond donors (Lipinski definition) is 1. The van der Waals surface area contributed by atoms with Gasteiger partial charge < -0.3 is 14.6 Å². The van der Waals surface area contributed by atoms with Gasteiger partial charge in [0.1, 0.15) is 0 Å². The number of ketones is 2. The molecule has 1 aromatic heterocycles. The van der Waals surface area contributed by atoms with Gasteiger partial charge in [-0.3, -0.25) is 14.4 Å². The number of carbonyl (C=O) groups is 3. The quantitative estimate of drug-likeness (QED) is 0.393. The second-order valence-corrected chi connectivity index (χ2v) is 8.79. The molecule has 0 bridgehead atoms. The highest BCUT2D eigenvalue weighted by Gasteiger charge is 2.24. The molecule has 164 valence electrons. The van der Waals surface area contributed by atoms with E-state index in [2.05, 4.69) is 22.0 Å². The number of ether oxygens (including phenoxy) is 1. The Hall–Kier alpha value is -3.32. The number of hydrogen-bond acceptors (Lipinski definition) is 6. The summed E-state index contributed by atoms with van der Waals surface area (Å²) in [5, 5.41) is 0. The minimum atomic E-state index is -0.445. The highest BCUT2D eigenvalue weighted by molar-refractivity contribution is 7.99. The summed E-state index contributed by atoms with van der Waals surface area (Å²) in [6.07, 6.45) is 0.141. The summed E-state index contributed by atoms with van der Waals surface area (Å²) >= 11 is 1.71. The molecule has 4 rings (SSSR count). The van der Waals surface area contributed by atoms with Crippen LogP contribution in [-0.4, -0.2) is 35.7 Å². The van der Waals surface area contributed by atoms with Gasteiger partial charge in [0.2, 0.25) is 5.78 Å². The van der Waals surface area contributed by atoms with E-state index < -0.39 is 5.97 Å². The molecule has 2 aromatic carbocycles. The van der Waals surface area contributed by atoms with Crippen LogP contribution in [0.4, 0.5) is 11.4 Å². The number of anilines is 2. The van der Waals surface area contributed by atoms with Crippen LogP contribution in [0.5, 0.6) is 0 Å². The lowest BCUT2D eigenvalue weighted by Gasteiger charge is -2.32. The Morgan fingerprint density at radius 1 is 0.969 bits per heavy atom. The molecule has 7 heteroatoms. The summed E-state index contributed by atoms with van der Waals surface area (Å²) in [7, 11) is 0. The average molecular weight is 449 g/mol. The number of aromatic nitrogens is 1. The highest BCUT2D eigenvalue weighted by Crippen LogP contribution is 2.47. The van der Waals surface area contributed by atoms with Gasteiger partial charge in [0, 0.05) is 27.6 Å². The first-order valence-corrected chi connectivity index (χ1v) is 11.2. The van der Waals surface area contributed by atoms with Gasteiger partial charge in [-0.15, -0.1) is 0 Å². The molecule has 1 N–H and O–H groups in total. The van der Waals surface area contributed by atoms with Gasteiger partial charge in [-0.1, -0.05) is 36.0 Å². The van der Waals surface area contributed by atoms with Crippen LogP contribution in [0, 0.1) is 13.8 Å². The molecule has 2 heterocycles. The van der Waals surface area contributed by atoms with Crippen molar-refractivity contribution in [2.45, 2.75) is 37.0 Å². The van der Waals surface area contributed by atoms with Crippen molar-refractivity contribution in [1.82, 2.24) is 4.98 Å². The number of H-pyrrole nitrogens is 1. The number of benzene rings is 2. The third-order valence-electron chi connectivity index (χ3n) is 5.50. The Balaban J connectivity index is 1.41. The smallest absolute Gasteiger partial charge is 0.308 e. The van der Waals surface area contributed by atoms with Crippen molar-refractivity contribution in [1.29, 1.82) is 0 Å². The van der Waals surface area contributed by atoms with Crippen LogP contribution < -0.4 is 4.90 Å². The van der Waals surface area contributed by atoms with Crippen LogP contribution in [0.3, 0.4) is 0 Å². The van der Waals surface area contributed by atoms with Gasteiger partial charge in [0.15, 0.2) is 12.4 Å². The third kappa shape index (κ3) is 4.21. The van der Waals surface area contributed by atoms with Crippen LogP contribution in [0.15, 0.2) is 58.3 Å². The van der Waals surface area contributed by atoms with Gasteiger partial charge in [-0.2, -0.15) is 0 Å². The van der Waals surface area contributed by atoms with E-state index in [0.29, 0.717) is 29.1 Å². The van der Waals surface area contributed by atoms with Crippen molar-refractivity contribution < 1.29 is 19.1 Å². The van der Waals surface area contributed by atoms with E-state index >= 15 is 0 Å². The molecule has 0 saturated heterocycles. The number of fused-ring (bicyclic) bond motifs is 2. The fourth-order valence-electron chi connectivity index (χ4n) is 4.07. The number of nitrogens with one attached hydrogen (secondary N) is 1. The normalized spacial score (nSPS) is 12.2. The number of Topliss-reactive ketones (excluding diaryl/α,β-unsaturated/α-hetero) is 2. The van der Waals surface area contributed by atoms with E-state index in [4.69, 9.17) is 4.74 Å². The molecule has 0 spiro atoms. The molecule has 0 fully saturated rings. The molecule has 0 radical (unpaired) electrons. The minimum absolute atomic E-state index is 0.104. The number of aromatic amines is 1. The highest BCUT2D eigenvalue weighted by atomic mass is 32.2. The predicted octanol–water partition coefficient (Wildman–Crippen LogP) is 5.25. The first-order chi connectivity index (χ1) is 15.4.